The summed E-state index contributed by atoms with van der Waals surface area (Å²) in [6, 6.07) is 5.88. The van der Waals surface area contributed by atoms with Crippen molar-refractivity contribution in [2.45, 2.75) is 19.8 Å². The van der Waals surface area contributed by atoms with Crippen LogP contribution in [0.15, 0.2) is 28.1 Å². The van der Waals surface area contributed by atoms with Gasteiger partial charge in [0.2, 0.25) is 11.6 Å². The molecule has 0 aliphatic rings. The Kier molecular flexibility index (Phi) is 6.39. The number of H-pyrrole nitrogens is 1. The van der Waals surface area contributed by atoms with Gasteiger partial charge in [-0.15, -0.1) is 5.10 Å². The number of hydrogen-bond donors (Lipinski definition) is 3. The highest BCUT2D eigenvalue weighted by molar-refractivity contribution is 6.44. The lowest BCUT2D eigenvalue weighted by Gasteiger charge is -2.12. The van der Waals surface area contributed by atoms with Gasteiger partial charge in [-0.2, -0.15) is 10.4 Å². The number of anilines is 1. The summed E-state index contributed by atoms with van der Waals surface area (Å²) in [7, 11) is 0. The molecule has 0 bridgehead atoms. The maximum absolute atomic E-state index is 11.7. The smallest absolute Gasteiger partial charge is 0.280 e. The molecule has 0 spiro atoms. The molecule has 0 radical (unpaired) electrons. The van der Waals surface area contributed by atoms with Crippen molar-refractivity contribution in [2.75, 3.05) is 5.43 Å². The van der Waals surface area contributed by atoms with Gasteiger partial charge in [-0.05, 0) is 18.1 Å². The third-order valence-electron chi connectivity index (χ3n) is 3.27. The monoisotopic (exact) mass is 408 g/mol. The Morgan fingerprint density at radius 2 is 2.00 bits per heavy atom. The second kappa shape index (κ2) is 8.53. The van der Waals surface area contributed by atoms with Gasteiger partial charge in [0.05, 0.1) is 15.7 Å². The number of nitrogens with zero attached hydrogens (tertiary/aromatic N) is 3. The summed E-state index contributed by atoms with van der Waals surface area (Å²) >= 11 is 12.4. The van der Waals surface area contributed by atoms with Crippen molar-refractivity contribution in [1.29, 1.82) is 5.26 Å². The highest BCUT2D eigenvalue weighted by Gasteiger charge is 2.14. The summed E-state index contributed by atoms with van der Waals surface area (Å²) in [6.45, 7) is 3.72. The lowest BCUT2D eigenvalue weighted by atomic mass is 10.1. The normalized spacial score (nSPS) is 11.2. The molecule has 4 N–H and O–H groups in total. The van der Waals surface area contributed by atoms with Gasteiger partial charge in [-0.3, -0.25) is 15.0 Å². The molecule has 0 unspecified atom stereocenters. The average molecular weight is 409 g/mol. The molecule has 2 rings (SSSR count). The molecule has 0 fully saturated rings. The molecule has 0 saturated heterocycles. The zero-order valence-electron chi connectivity index (χ0n) is 14.2. The molecular formula is C16H14Cl2N6O3. The molecule has 0 aliphatic heterocycles. The third kappa shape index (κ3) is 4.97. The number of carbonyl (C=O) groups excluding carboxylic acids is 1. The Balaban J connectivity index is 2.30. The summed E-state index contributed by atoms with van der Waals surface area (Å²) in [4.78, 5) is 22.7. The predicted molar refractivity (Wildman–Crippen MR) is 101 cm³/mol. The van der Waals surface area contributed by atoms with Crippen LogP contribution in [0.25, 0.3) is 0 Å². The quantitative estimate of drug-likeness (QED) is 0.494. The molecule has 1 amide bonds. The van der Waals surface area contributed by atoms with Gasteiger partial charge in [0.25, 0.3) is 11.5 Å². The van der Waals surface area contributed by atoms with Crippen molar-refractivity contribution in [3.8, 4) is 17.7 Å². The molecule has 2 aromatic rings. The number of nitrogens with two attached hydrogens (primary N) is 1. The van der Waals surface area contributed by atoms with Gasteiger partial charge in [0, 0.05) is 11.6 Å². The van der Waals surface area contributed by atoms with Gasteiger partial charge in [0.15, 0.2) is 5.75 Å². The van der Waals surface area contributed by atoms with Gasteiger partial charge >= 0.3 is 0 Å². The minimum atomic E-state index is -0.979. The third-order valence-corrected chi connectivity index (χ3v) is 3.83. The Hall–Kier alpha value is -3.09. The van der Waals surface area contributed by atoms with Crippen LogP contribution in [-0.4, -0.2) is 21.8 Å². The molecule has 1 aromatic carbocycles. The molecule has 11 heteroatoms. The first-order valence-corrected chi connectivity index (χ1v) is 8.28. The van der Waals surface area contributed by atoms with Gasteiger partial charge in [-0.25, -0.2) is 5.10 Å². The second-order valence-electron chi connectivity index (χ2n) is 5.56. The van der Waals surface area contributed by atoms with Crippen LogP contribution >= 0.6 is 23.2 Å². The van der Waals surface area contributed by atoms with E-state index in [4.69, 9.17) is 38.9 Å². The van der Waals surface area contributed by atoms with Crippen LogP contribution in [0.1, 0.15) is 25.3 Å². The van der Waals surface area contributed by atoms with E-state index >= 15 is 0 Å². The maximum atomic E-state index is 11.7. The van der Waals surface area contributed by atoms with Crippen LogP contribution < -0.4 is 21.5 Å². The van der Waals surface area contributed by atoms with E-state index in [0.29, 0.717) is 11.3 Å². The molecular weight excluding hydrogens is 395 g/mol. The standard InChI is InChI=1S/C16H14Cl2N6O3/c1-7(2)9-5-13(23-24-16(9)26)27-14-10(17)3-8(4-11(14)18)21-22-12(6-19)15(20)25/h3-5,7,21H,1-2H3,(H2,20,25)(H,24,26)/b22-12+. The van der Waals surface area contributed by atoms with Crippen LogP contribution in [-0.2, 0) is 4.79 Å². The van der Waals surface area contributed by atoms with Crippen LogP contribution in [0.2, 0.25) is 10.0 Å². The largest absolute Gasteiger partial charge is 0.434 e. The maximum Gasteiger partial charge on any atom is 0.280 e. The van der Waals surface area contributed by atoms with Crippen molar-refractivity contribution < 1.29 is 9.53 Å². The van der Waals surface area contributed by atoms with E-state index in [9.17, 15) is 9.59 Å². The SMILES string of the molecule is CC(C)c1cc(Oc2c(Cl)cc(N/N=C(\C#N)C(N)=O)cc2Cl)n[nH]c1=O. The number of nitriles is 1. The van der Waals surface area contributed by atoms with Crippen LogP contribution in [0.5, 0.6) is 11.6 Å². The van der Waals surface area contributed by atoms with Crippen molar-refractivity contribution in [3.63, 3.8) is 0 Å². The highest BCUT2D eigenvalue weighted by atomic mass is 35.5. The number of hydrogen-bond acceptors (Lipinski definition) is 7. The van der Waals surface area contributed by atoms with Gasteiger partial charge < -0.3 is 10.5 Å². The van der Waals surface area contributed by atoms with E-state index in [-0.39, 0.29) is 33.2 Å². The summed E-state index contributed by atoms with van der Waals surface area (Å²) in [5.41, 5.74) is 7.41. The fourth-order valence-electron chi connectivity index (χ4n) is 1.96. The number of primary amides is 1. The van der Waals surface area contributed by atoms with E-state index in [1.54, 1.807) is 6.07 Å². The zero-order chi connectivity index (χ0) is 20.1. The average Bonchev–Trinajstić information content (AvgIpc) is 2.59. The number of aromatic amines is 1. The number of ether oxygens (including phenoxy) is 1. The summed E-state index contributed by atoms with van der Waals surface area (Å²) in [5.74, 6) is -0.792. The number of rotatable bonds is 6. The van der Waals surface area contributed by atoms with E-state index in [0.717, 1.165) is 0 Å². The van der Waals surface area contributed by atoms with Gasteiger partial charge in [0.1, 0.15) is 6.07 Å². The van der Waals surface area contributed by atoms with Crippen LogP contribution in [0.4, 0.5) is 5.69 Å². The van der Waals surface area contributed by atoms with Crippen LogP contribution in [0.3, 0.4) is 0 Å². The highest BCUT2D eigenvalue weighted by Crippen LogP contribution is 2.38. The zero-order valence-corrected chi connectivity index (χ0v) is 15.7. The molecule has 0 saturated carbocycles. The molecule has 0 atom stereocenters. The number of benzene rings is 1. The van der Waals surface area contributed by atoms with Crippen molar-refractivity contribution in [2.24, 2.45) is 10.8 Å². The second-order valence-corrected chi connectivity index (χ2v) is 6.38. The lowest BCUT2D eigenvalue weighted by molar-refractivity contribution is -0.111. The number of hydrazone groups is 1. The first kappa shape index (κ1) is 20.2. The fourth-order valence-corrected chi connectivity index (χ4v) is 2.53. The summed E-state index contributed by atoms with van der Waals surface area (Å²) in [5, 5.41) is 18.7. The van der Waals surface area contributed by atoms with Crippen LogP contribution in [0, 0.1) is 11.3 Å². The molecule has 9 nitrogen and oxygen atoms in total. The number of amides is 1. The Bertz CT molecular complexity index is 987. The predicted octanol–water partition coefficient (Wildman–Crippen LogP) is 2.77. The number of halogens is 2. The van der Waals surface area contributed by atoms with E-state index in [1.165, 1.54) is 18.2 Å². The minimum Gasteiger partial charge on any atom is -0.434 e. The molecule has 1 heterocycles. The number of nitrogens with one attached hydrogen (secondary N) is 2. The lowest BCUT2D eigenvalue weighted by Crippen LogP contribution is -2.22. The molecule has 27 heavy (non-hydrogen) atoms. The summed E-state index contributed by atoms with van der Waals surface area (Å²) in [6.07, 6.45) is 0. The van der Waals surface area contributed by atoms with Crippen molar-refractivity contribution in [1.82, 2.24) is 10.2 Å². The molecule has 140 valence electrons. The Labute approximate surface area is 163 Å². The topological polar surface area (TPSA) is 146 Å². The van der Waals surface area contributed by atoms with E-state index in [2.05, 4.69) is 20.7 Å². The summed E-state index contributed by atoms with van der Waals surface area (Å²) < 4.78 is 5.59. The fraction of sp³-hybridized carbons (Fsp3) is 0.188. The number of carbonyl (C=O) groups is 1. The van der Waals surface area contributed by atoms with Crippen molar-refractivity contribution in [3.05, 3.63) is 44.2 Å². The first-order chi connectivity index (χ1) is 12.7. The Morgan fingerprint density at radius 3 is 2.52 bits per heavy atom. The number of aromatic nitrogens is 2. The van der Waals surface area contributed by atoms with E-state index < -0.39 is 11.6 Å². The van der Waals surface area contributed by atoms with E-state index in [1.807, 2.05) is 13.8 Å². The molecule has 1 aromatic heterocycles. The van der Waals surface area contributed by atoms with Gasteiger partial charge in [-0.1, -0.05) is 37.0 Å². The minimum absolute atomic E-state index is 0.0333. The van der Waals surface area contributed by atoms with Crippen molar-refractivity contribution >= 4 is 40.5 Å². The Morgan fingerprint density at radius 1 is 1.37 bits per heavy atom. The first-order valence-electron chi connectivity index (χ1n) is 7.53. The molecule has 0 aliphatic carbocycles.